The number of fused-ring (bicyclic) bond motifs is 1. The SMILES string of the molecule is CC1CC1C(=O)N/C(N)=N/c1nc2ccccc2s1. The second-order valence-electron chi connectivity index (χ2n) is 4.77. The molecule has 2 aromatic rings. The van der Waals surface area contributed by atoms with Gasteiger partial charge in [-0.3, -0.25) is 10.1 Å². The smallest absolute Gasteiger partial charge is 0.230 e. The fraction of sp³-hybridized carbons (Fsp3) is 0.308. The Balaban J connectivity index is 1.74. The van der Waals surface area contributed by atoms with Gasteiger partial charge in [0.05, 0.1) is 10.2 Å². The van der Waals surface area contributed by atoms with E-state index in [1.165, 1.54) is 11.3 Å². The summed E-state index contributed by atoms with van der Waals surface area (Å²) in [4.78, 5) is 20.2. The standard InChI is InChI=1S/C13H14N4OS/c1-7-6-8(7)11(18)16-12(14)17-13-15-9-4-2-3-5-10(9)19-13/h2-5,7-8H,6H2,1H3,(H3,14,15,16,17,18). The number of guanidine groups is 1. The van der Waals surface area contributed by atoms with Crippen molar-refractivity contribution < 1.29 is 4.79 Å². The molecule has 1 amide bonds. The molecule has 1 aliphatic carbocycles. The Labute approximate surface area is 114 Å². The Morgan fingerprint density at radius 1 is 1.53 bits per heavy atom. The Morgan fingerprint density at radius 3 is 2.95 bits per heavy atom. The summed E-state index contributed by atoms with van der Waals surface area (Å²) in [5, 5.41) is 3.18. The van der Waals surface area contributed by atoms with Gasteiger partial charge in [0, 0.05) is 5.92 Å². The minimum atomic E-state index is -0.0464. The van der Waals surface area contributed by atoms with Crippen LogP contribution in [0.1, 0.15) is 13.3 Å². The first kappa shape index (κ1) is 12.1. The minimum absolute atomic E-state index is 0.0464. The van der Waals surface area contributed by atoms with E-state index in [1.807, 2.05) is 31.2 Å². The molecule has 98 valence electrons. The first-order chi connectivity index (χ1) is 9.13. The second kappa shape index (κ2) is 4.62. The number of nitrogens with zero attached hydrogens (tertiary/aromatic N) is 2. The van der Waals surface area contributed by atoms with Crippen molar-refractivity contribution in [1.82, 2.24) is 10.3 Å². The number of hydrogen-bond acceptors (Lipinski definition) is 4. The fourth-order valence-electron chi connectivity index (χ4n) is 1.95. The van der Waals surface area contributed by atoms with Crippen LogP contribution in [-0.4, -0.2) is 16.9 Å². The van der Waals surface area contributed by atoms with Gasteiger partial charge in [-0.1, -0.05) is 30.4 Å². The Kier molecular flexibility index (Phi) is 2.94. The lowest BCUT2D eigenvalue weighted by atomic mass is 10.3. The van der Waals surface area contributed by atoms with Gasteiger partial charge in [0.25, 0.3) is 0 Å². The van der Waals surface area contributed by atoms with Crippen LogP contribution in [0, 0.1) is 11.8 Å². The van der Waals surface area contributed by atoms with Crippen molar-refractivity contribution in [2.75, 3.05) is 0 Å². The largest absolute Gasteiger partial charge is 0.369 e. The van der Waals surface area contributed by atoms with E-state index in [2.05, 4.69) is 15.3 Å². The molecule has 1 saturated carbocycles. The maximum absolute atomic E-state index is 11.7. The highest BCUT2D eigenvalue weighted by Gasteiger charge is 2.39. The molecule has 0 bridgehead atoms. The Morgan fingerprint density at radius 2 is 2.26 bits per heavy atom. The van der Waals surface area contributed by atoms with E-state index in [-0.39, 0.29) is 17.8 Å². The van der Waals surface area contributed by atoms with Crippen LogP contribution >= 0.6 is 11.3 Å². The van der Waals surface area contributed by atoms with Gasteiger partial charge in [0.1, 0.15) is 0 Å². The maximum atomic E-state index is 11.7. The molecule has 1 aliphatic rings. The average molecular weight is 274 g/mol. The number of benzene rings is 1. The number of amides is 1. The number of carbonyl (C=O) groups excluding carboxylic acids is 1. The van der Waals surface area contributed by atoms with Gasteiger partial charge >= 0.3 is 0 Å². The zero-order chi connectivity index (χ0) is 13.4. The van der Waals surface area contributed by atoms with E-state index in [4.69, 9.17) is 5.73 Å². The highest BCUT2D eigenvalue weighted by molar-refractivity contribution is 7.22. The zero-order valence-corrected chi connectivity index (χ0v) is 11.3. The highest BCUT2D eigenvalue weighted by Crippen LogP contribution is 2.37. The van der Waals surface area contributed by atoms with Crippen molar-refractivity contribution in [3.63, 3.8) is 0 Å². The van der Waals surface area contributed by atoms with Crippen molar-refractivity contribution in [3.8, 4) is 0 Å². The summed E-state index contributed by atoms with van der Waals surface area (Å²) in [7, 11) is 0. The Bertz CT molecular complexity index is 630. The van der Waals surface area contributed by atoms with E-state index < -0.39 is 0 Å². The molecule has 0 saturated heterocycles. The molecule has 1 aromatic carbocycles. The van der Waals surface area contributed by atoms with Gasteiger partial charge in [0.2, 0.25) is 17.0 Å². The van der Waals surface area contributed by atoms with E-state index in [1.54, 1.807) is 0 Å². The van der Waals surface area contributed by atoms with Gasteiger partial charge in [0.15, 0.2) is 0 Å². The minimum Gasteiger partial charge on any atom is -0.369 e. The first-order valence-corrected chi connectivity index (χ1v) is 6.96. The summed E-state index contributed by atoms with van der Waals surface area (Å²) in [5.41, 5.74) is 6.61. The van der Waals surface area contributed by atoms with Crippen LogP contribution in [0.15, 0.2) is 29.3 Å². The van der Waals surface area contributed by atoms with E-state index in [0.717, 1.165) is 16.6 Å². The summed E-state index contributed by atoms with van der Waals surface area (Å²) < 4.78 is 1.05. The van der Waals surface area contributed by atoms with Crippen LogP contribution in [-0.2, 0) is 4.79 Å². The molecular weight excluding hydrogens is 260 g/mol. The predicted molar refractivity (Wildman–Crippen MR) is 76.3 cm³/mol. The summed E-state index contributed by atoms with van der Waals surface area (Å²) >= 11 is 1.45. The third kappa shape index (κ3) is 2.58. The summed E-state index contributed by atoms with van der Waals surface area (Å²) in [5.74, 6) is 0.609. The number of nitrogens with two attached hydrogens (primary N) is 1. The lowest BCUT2D eigenvalue weighted by Crippen LogP contribution is -2.37. The van der Waals surface area contributed by atoms with E-state index in [0.29, 0.717) is 11.0 Å². The number of aliphatic imine (C=N–C) groups is 1. The topological polar surface area (TPSA) is 80.4 Å². The van der Waals surface area contributed by atoms with Crippen molar-refractivity contribution >= 4 is 38.6 Å². The lowest BCUT2D eigenvalue weighted by molar-refractivity contribution is -0.121. The fourth-order valence-corrected chi connectivity index (χ4v) is 2.79. The average Bonchev–Trinajstić information content (AvgIpc) is 2.96. The van der Waals surface area contributed by atoms with Crippen LogP contribution < -0.4 is 11.1 Å². The molecule has 2 atom stereocenters. The van der Waals surface area contributed by atoms with Gasteiger partial charge in [-0.05, 0) is 24.5 Å². The maximum Gasteiger partial charge on any atom is 0.230 e. The summed E-state index contributed by atoms with van der Waals surface area (Å²) in [6, 6.07) is 7.78. The summed E-state index contributed by atoms with van der Waals surface area (Å²) in [6.07, 6.45) is 0.931. The van der Waals surface area contributed by atoms with Crippen LogP contribution in [0.2, 0.25) is 0 Å². The molecule has 3 rings (SSSR count). The Hall–Kier alpha value is -1.95. The third-order valence-electron chi connectivity index (χ3n) is 3.20. The van der Waals surface area contributed by atoms with E-state index >= 15 is 0 Å². The second-order valence-corrected chi connectivity index (χ2v) is 5.78. The molecule has 0 spiro atoms. The van der Waals surface area contributed by atoms with Crippen molar-refractivity contribution in [2.24, 2.45) is 22.6 Å². The van der Waals surface area contributed by atoms with Crippen LogP contribution in [0.5, 0.6) is 0 Å². The van der Waals surface area contributed by atoms with Gasteiger partial charge in [-0.15, -0.1) is 0 Å². The molecule has 1 aromatic heterocycles. The van der Waals surface area contributed by atoms with Crippen molar-refractivity contribution in [1.29, 1.82) is 0 Å². The van der Waals surface area contributed by atoms with Gasteiger partial charge in [-0.2, -0.15) is 4.99 Å². The first-order valence-electron chi connectivity index (χ1n) is 6.14. The molecule has 5 nitrogen and oxygen atoms in total. The van der Waals surface area contributed by atoms with E-state index in [9.17, 15) is 4.79 Å². The predicted octanol–water partition coefficient (Wildman–Crippen LogP) is 2.01. The van der Waals surface area contributed by atoms with Crippen molar-refractivity contribution in [3.05, 3.63) is 24.3 Å². The molecule has 0 radical (unpaired) electrons. The molecule has 2 unspecified atom stereocenters. The molecule has 1 heterocycles. The lowest BCUT2D eigenvalue weighted by Gasteiger charge is -2.01. The molecule has 6 heteroatoms. The highest BCUT2D eigenvalue weighted by atomic mass is 32.1. The van der Waals surface area contributed by atoms with Crippen LogP contribution in [0.4, 0.5) is 5.13 Å². The molecule has 1 fully saturated rings. The number of hydrogen-bond donors (Lipinski definition) is 2. The van der Waals surface area contributed by atoms with Crippen molar-refractivity contribution in [2.45, 2.75) is 13.3 Å². The number of nitrogens with one attached hydrogen (secondary N) is 1. The summed E-state index contributed by atoms with van der Waals surface area (Å²) in [6.45, 7) is 2.05. The number of aromatic nitrogens is 1. The molecular formula is C13H14N4OS. The van der Waals surface area contributed by atoms with Gasteiger partial charge in [-0.25, -0.2) is 4.98 Å². The third-order valence-corrected chi connectivity index (χ3v) is 4.13. The number of rotatable bonds is 2. The molecule has 3 N–H and O–H groups in total. The monoisotopic (exact) mass is 274 g/mol. The van der Waals surface area contributed by atoms with Gasteiger partial charge < -0.3 is 5.73 Å². The van der Waals surface area contributed by atoms with Crippen LogP contribution in [0.3, 0.4) is 0 Å². The zero-order valence-electron chi connectivity index (χ0n) is 10.5. The molecule has 0 aliphatic heterocycles. The van der Waals surface area contributed by atoms with Crippen LogP contribution in [0.25, 0.3) is 10.2 Å². The molecule has 19 heavy (non-hydrogen) atoms. The normalized spacial score (nSPS) is 22.5. The number of carbonyl (C=O) groups is 1. The number of para-hydroxylation sites is 1. The quantitative estimate of drug-likeness (QED) is 0.649. The number of thiazole rings is 1.